The number of nitrogens with one attached hydrogen (secondary N) is 3. The molecular weight excluding hydrogens is 546 g/mol. The van der Waals surface area contributed by atoms with E-state index in [1.54, 1.807) is 12.1 Å². The van der Waals surface area contributed by atoms with E-state index in [-0.39, 0.29) is 43.9 Å². The summed E-state index contributed by atoms with van der Waals surface area (Å²) in [6.07, 6.45) is 1.47. The molecule has 1 aromatic carbocycles. The molecule has 0 aliphatic rings. The van der Waals surface area contributed by atoms with Crippen molar-refractivity contribution in [3.63, 3.8) is 0 Å². The zero-order valence-electron chi connectivity index (χ0n) is 22.0. The standard InChI is InChI=1S/C24H37N7O8S/c1-40-10-8-17(29-20(35)15(25)11-13-4-6-14(32)7-5-13)22(37)30-16(3-2-9-28-24(26)27)21(36)31-18(23(38)39)12-19(33)34/h4-7,15-18,32H,2-3,8-12,25H2,1H3,(H,29,35)(H,30,37)(H,31,36)(H,33,34)(H,38,39)(H4,26,27,28). The normalized spacial score (nSPS) is 13.7. The Morgan fingerprint density at radius 3 is 1.98 bits per heavy atom. The molecule has 4 atom stereocenters. The number of aromatic hydroxyl groups is 1. The highest BCUT2D eigenvalue weighted by atomic mass is 32.2. The van der Waals surface area contributed by atoms with Gasteiger partial charge in [0.15, 0.2) is 5.96 Å². The average Bonchev–Trinajstić information content (AvgIpc) is 2.88. The largest absolute Gasteiger partial charge is 0.508 e. The summed E-state index contributed by atoms with van der Waals surface area (Å²) in [5, 5.41) is 34.9. The van der Waals surface area contributed by atoms with Crippen LogP contribution in [0.3, 0.4) is 0 Å². The molecule has 0 saturated carbocycles. The lowest BCUT2D eigenvalue weighted by Gasteiger charge is -2.25. The Morgan fingerprint density at radius 1 is 0.900 bits per heavy atom. The van der Waals surface area contributed by atoms with Gasteiger partial charge in [-0.05, 0) is 55.4 Å². The highest BCUT2D eigenvalue weighted by Gasteiger charge is 2.31. The molecule has 40 heavy (non-hydrogen) atoms. The van der Waals surface area contributed by atoms with Crippen LogP contribution < -0.4 is 33.2 Å². The number of benzene rings is 1. The Bertz CT molecular complexity index is 1050. The second-order valence-corrected chi connectivity index (χ2v) is 9.81. The SMILES string of the molecule is CSCCC(NC(=O)C(N)Cc1ccc(O)cc1)C(=O)NC(CCCN=C(N)N)C(=O)NC(CC(=O)O)C(=O)O. The van der Waals surface area contributed by atoms with Gasteiger partial charge in [0.2, 0.25) is 17.7 Å². The van der Waals surface area contributed by atoms with Crippen molar-refractivity contribution < 1.29 is 39.3 Å². The molecule has 0 aliphatic heterocycles. The van der Waals surface area contributed by atoms with Crippen molar-refractivity contribution in [2.75, 3.05) is 18.6 Å². The molecule has 16 heteroatoms. The molecule has 4 unspecified atom stereocenters. The van der Waals surface area contributed by atoms with E-state index >= 15 is 0 Å². The zero-order chi connectivity index (χ0) is 30.2. The van der Waals surface area contributed by atoms with Crippen LogP contribution in [0.4, 0.5) is 0 Å². The van der Waals surface area contributed by atoms with Gasteiger partial charge in [0.25, 0.3) is 0 Å². The van der Waals surface area contributed by atoms with Crippen molar-refractivity contribution in [3.8, 4) is 5.75 Å². The third-order valence-corrected chi connectivity index (χ3v) is 6.19. The summed E-state index contributed by atoms with van der Waals surface area (Å²) in [4.78, 5) is 65.1. The first-order chi connectivity index (χ1) is 18.8. The molecule has 0 heterocycles. The predicted molar refractivity (Wildman–Crippen MR) is 148 cm³/mol. The molecule has 0 bridgehead atoms. The Morgan fingerprint density at radius 2 is 1.45 bits per heavy atom. The number of guanidine groups is 1. The number of nitrogens with zero attached hydrogens (tertiary/aromatic N) is 1. The number of carbonyl (C=O) groups is 5. The maximum Gasteiger partial charge on any atom is 0.326 e. The van der Waals surface area contributed by atoms with Crippen molar-refractivity contribution in [3.05, 3.63) is 29.8 Å². The number of aliphatic carboxylic acids is 2. The molecule has 0 saturated heterocycles. The third-order valence-electron chi connectivity index (χ3n) is 5.54. The number of carboxylic acid groups (broad SMARTS) is 2. The van der Waals surface area contributed by atoms with E-state index in [9.17, 15) is 34.2 Å². The van der Waals surface area contributed by atoms with E-state index < -0.39 is 60.2 Å². The van der Waals surface area contributed by atoms with Crippen LogP contribution in [0.5, 0.6) is 5.75 Å². The number of aliphatic imine (C=N–C) groups is 1. The van der Waals surface area contributed by atoms with Gasteiger partial charge in [0.05, 0.1) is 12.5 Å². The third kappa shape index (κ3) is 13.1. The predicted octanol–water partition coefficient (Wildman–Crippen LogP) is -1.92. The Hall–Kier alpha value is -4.05. The van der Waals surface area contributed by atoms with Crippen molar-refractivity contribution in [2.45, 2.75) is 56.3 Å². The monoisotopic (exact) mass is 583 g/mol. The molecule has 3 amide bonds. The van der Waals surface area contributed by atoms with Gasteiger partial charge < -0.3 is 48.5 Å². The molecule has 0 fully saturated rings. The Balaban J connectivity index is 3.02. The van der Waals surface area contributed by atoms with E-state index in [4.69, 9.17) is 22.3 Å². The van der Waals surface area contributed by atoms with Crippen LogP contribution in [0.1, 0.15) is 31.2 Å². The summed E-state index contributed by atoms with van der Waals surface area (Å²) < 4.78 is 0. The van der Waals surface area contributed by atoms with Crippen LogP contribution in [0.15, 0.2) is 29.3 Å². The van der Waals surface area contributed by atoms with E-state index in [0.29, 0.717) is 11.3 Å². The zero-order valence-corrected chi connectivity index (χ0v) is 22.9. The van der Waals surface area contributed by atoms with Crippen LogP contribution in [0.25, 0.3) is 0 Å². The van der Waals surface area contributed by atoms with Crippen LogP contribution in [0.2, 0.25) is 0 Å². The van der Waals surface area contributed by atoms with Gasteiger partial charge in [0.1, 0.15) is 23.9 Å². The van der Waals surface area contributed by atoms with Crippen molar-refractivity contribution in [1.29, 1.82) is 0 Å². The maximum atomic E-state index is 13.2. The second-order valence-electron chi connectivity index (χ2n) is 8.83. The lowest BCUT2D eigenvalue weighted by atomic mass is 10.0. The number of thioether (sulfide) groups is 1. The van der Waals surface area contributed by atoms with Crippen LogP contribution in [-0.2, 0) is 30.4 Å². The molecule has 0 aromatic heterocycles. The van der Waals surface area contributed by atoms with E-state index in [0.717, 1.165) is 0 Å². The summed E-state index contributed by atoms with van der Waals surface area (Å²) in [6.45, 7) is 0.109. The van der Waals surface area contributed by atoms with Crippen LogP contribution >= 0.6 is 11.8 Å². The molecule has 1 rings (SSSR count). The second kappa shape index (κ2) is 17.5. The first kappa shape index (κ1) is 34.0. The quantitative estimate of drug-likeness (QED) is 0.0520. The van der Waals surface area contributed by atoms with Crippen LogP contribution in [0, 0.1) is 0 Å². The molecule has 15 nitrogen and oxygen atoms in total. The number of hydrogen-bond donors (Lipinski definition) is 9. The number of phenolic OH excluding ortho intramolecular Hbond substituents is 1. The minimum atomic E-state index is -1.73. The van der Waals surface area contributed by atoms with Gasteiger partial charge in [-0.3, -0.25) is 24.2 Å². The average molecular weight is 584 g/mol. The summed E-state index contributed by atoms with van der Waals surface area (Å²) >= 11 is 1.42. The lowest BCUT2D eigenvalue weighted by Crippen LogP contribution is -2.57. The van der Waals surface area contributed by atoms with Gasteiger partial charge in [-0.2, -0.15) is 11.8 Å². The minimum Gasteiger partial charge on any atom is -0.508 e. The lowest BCUT2D eigenvalue weighted by molar-refractivity contribution is -0.147. The highest BCUT2D eigenvalue weighted by Crippen LogP contribution is 2.11. The fourth-order valence-electron chi connectivity index (χ4n) is 3.45. The molecule has 12 N–H and O–H groups in total. The van der Waals surface area contributed by atoms with E-state index in [1.165, 1.54) is 23.9 Å². The molecule has 1 aromatic rings. The smallest absolute Gasteiger partial charge is 0.326 e. The summed E-state index contributed by atoms with van der Waals surface area (Å²) in [7, 11) is 0. The molecule has 222 valence electrons. The molecular formula is C24H37N7O8S. The van der Waals surface area contributed by atoms with Gasteiger partial charge in [-0.15, -0.1) is 0 Å². The molecule has 0 aliphatic carbocycles. The summed E-state index contributed by atoms with van der Waals surface area (Å²) in [5.41, 5.74) is 17.3. The van der Waals surface area contributed by atoms with E-state index in [2.05, 4.69) is 20.9 Å². The minimum absolute atomic E-state index is 0.0165. The van der Waals surface area contributed by atoms with Gasteiger partial charge >= 0.3 is 11.9 Å². The highest BCUT2D eigenvalue weighted by molar-refractivity contribution is 7.98. The topological polar surface area (TPSA) is 273 Å². The number of carbonyl (C=O) groups excluding carboxylic acids is 3. The fraction of sp³-hybridized carbons (Fsp3) is 0.500. The van der Waals surface area contributed by atoms with Crippen LogP contribution in [-0.4, -0.2) is 93.7 Å². The first-order valence-corrected chi connectivity index (χ1v) is 13.7. The first-order valence-electron chi connectivity index (χ1n) is 12.3. The molecule has 0 radical (unpaired) electrons. The summed E-state index contributed by atoms with van der Waals surface area (Å²) in [5.74, 6) is -4.90. The Kier molecular flexibility index (Phi) is 14.9. The van der Waals surface area contributed by atoms with Crippen molar-refractivity contribution >= 4 is 47.4 Å². The number of hydrogen-bond acceptors (Lipinski definition) is 9. The van der Waals surface area contributed by atoms with Gasteiger partial charge in [-0.25, -0.2) is 4.79 Å². The fourth-order valence-corrected chi connectivity index (χ4v) is 3.93. The Labute approximate surface area is 235 Å². The number of nitrogens with two attached hydrogens (primary N) is 3. The van der Waals surface area contributed by atoms with E-state index in [1.807, 2.05) is 6.26 Å². The van der Waals surface area contributed by atoms with Crippen molar-refractivity contribution in [1.82, 2.24) is 16.0 Å². The number of carboxylic acids is 2. The molecule has 0 spiro atoms. The maximum absolute atomic E-state index is 13.2. The number of amides is 3. The van der Waals surface area contributed by atoms with Gasteiger partial charge in [0, 0.05) is 6.54 Å². The van der Waals surface area contributed by atoms with Gasteiger partial charge in [-0.1, -0.05) is 12.1 Å². The number of rotatable bonds is 18. The summed E-state index contributed by atoms with van der Waals surface area (Å²) in [6, 6.07) is 1.04. The number of phenols is 1. The van der Waals surface area contributed by atoms with Crippen molar-refractivity contribution in [2.24, 2.45) is 22.2 Å².